The molecular weight excluding hydrogens is 274 g/mol. The molecular formula is C15H15NO5. The van der Waals surface area contributed by atoms with Crippen LogP contribution in [0.3, 0.4) is 0 Å². The Labute approximate surface area is 121 Å². The van der Waals surface area contributed by atoms with Crippen molar-refractivity contribution in [1.82, 2.24) is 5.32 Å². The van der Waals surface area contributed by atoms with Crippen LogP contribution in [0.4, 0.5) is 0 Å². The van der Waals surface area contributed by atoms with Crippen LogP contribution in [0, 0.1) is 0 Å². The van der Waals surface area contributed by atoms with Gasteiger partial charge < -0.3 is 19.6 Å². The van der Waals surface area contributed by atoms with Gasteiger partial charge in [-0.25, -0.2) is 0 Å². The Morgan fingerprint density at radius 1 is 1.24 bits per heavy atom. The van der Waals surface area contributed by atoms with E-state index in [0.717, 1.165) is 0 Å². The van der Waals surface area contributed by atoms with Gasteiger partial charge in [-0.2, -0.15) is 0 Å². The number of rotatable bonds is 7. The van der Waals surface area contributed by atoms with Crippen LogP contribution in [-0.2, 0) is 22.6 Å². The maximum absolute atomic E-state index is 11.6. The molecule has 0 atom stereocenters. The van der Waals surface area contributed by atoms with Gasteiger partial charge in [0.05, 0.1) is 19.2 Å². The molecule has 0 fully saturated rings. The second kappa shape index (κ2) is 7.14. The first kappa shape index (κ1) is 14.6. The van der Waals surface area contributed by atoms with Crippen LogP contribution in [0.2, 0.25) is 0 Å². The summed E-state index contributed by atoms with van der Waals surface area (Å²) in [6, 6.07) is 10.2. The number of hydrogen-bond donors (Lipinski definition) is 2. The van der Waals surface area contributed by atoms with Crippen molar-refractivity contribution in [3.8, 4) is 5.75 Å². The van der Waals surface area contributed by atoms with Crippen molar-refractivity contribution in [3.05, 3.63) is 54.0 Å². The average molecular weight is 289 g/mol. The summed E-state index contributed by atoms with van der Waals surface area (Å²) in [7, 11) is 0. The minimum Gasteiger partial charge on any atom is -0.484 e. The molecule has 0 radical (unpaired) electrons. The SMILES string of the molecule is O=C(O)Cc1cccc(OCC(=O)NCc2ccco2)c1. The molecule has 1 heterocycles. The minimum absolute atomic E-state index is 0.0815. The van der Waals surface area contributed by atoms with Gasteiger partial charge in [0.2, 0.25) is 0 Å². The Bertz CT molecular complexity index is 606. The van der Waals surface area contributed by atoms with E-state index in [1.807, 2.05) is 0 Å². The summed E-state index contributed by atoms with van der Waals surface area (Å²) in [6.07, 6.45) is 1.45. The zero-order valence-electron chi connectivity index (χ0n) is 11.2. The van der Waals surface area contributed by atoms with E-state index in [-0.39, 0.29) is 18.9 Å². The first-order chi connectivity index (χ1) is 10.1. The number of benzene rings is 1. The van der Waals surface area contributed by atoms with Crippen molar-refractivity contribution >= 4 is 11.9 Å². The molecule has 21 heavy (non-hydrogen) atoms. The van der Waals surface area contributed by atoms with Crippen molar-refractivity contribution in [3.63, 3.8) is 0 Å². The van der Waals surface area contributed by atoms with Gasteiger partial charge in [0.1, 0.15) is 11.5 Å². The van der Waals surface area contributed by atoms with Crippen LogP contribution in [-0.4, -0.2) is 23.6 Å². The van der Waals surface area contributed by atoms with Crippen molar-refractivity contribution < 1.29 is 23.8 Å². The topological polar surface area (TPSA) is 88.8 Å². The normalized spacial score (nSPS) is 10.1. The van der Waals surface area contributed by atoms with Gasteiger partial charge in [-0.3, -0.25) is 9.59 Å². The van der Waals surface area contributed by atoms with Crippen LogP contribution in [0.15, 0.2) is 47.1 Å². The lowest BCUT2D eigenvalue weighted by Gasteiger charge is -2.07. The zero-order valence-corrected chi connectivity index (χ0v) is 11.2. The van der Waals surface area contributed by atoms with Crippen LogP contribution < -0.4 is 10.1 Å². The Hall–Kier alpha value is -2.76. The number of carboxylic acid groups (broad SMARTS) is 1. The van der Waals surface area contributed by atoms with E-state index in [9.17, 15) is 9.59 Å². The summed E-state index contributed by atoms with van der Waals surface area (Å²) in [6.45, 7) is 0.158. The molecule has 1 aromatic heterocycles. The lowest BCUT2D eigenvalue weighted by Crippen LogP contribution is -2.28. The predicted molar refractivity (Wildman–Crippen MR) is 73.8 cm³/mol. The minimum atomic E-state index is -0.914. The van der Waals surface area contributed by atoms with Crippen molar-refractivity contribution in [1.29, 1.82) is 0 Å². The van der Waals surface area contributed by atoms with Crippen LogP contribution >= 0.6 is 0 Å². The quantitative estimate of drug-likeness (QED) is 0.808. The van der Waals surface area contributed by atoms with E-state index in [4.69, 9.17) is 14.3 Å². The van der Waals surface area contributed by atoms with Crippen molar-refractivity contribution in [2.45, 2.75) is 13.0 Å². The molecule has 0 saturated heterocycles. The Morgan fingerprint density at radius 3 is 2.81 bits per heavy atom. The zero-order chi connectivity index (χ0) is 15.1. The molecule has 0 saturated carbocycles. The summed E-state index contributed by atoms with van der Waals surface area (Å²) in [5, 5.41) is 11.4. The molecule has 1 amide bonds. The Balaban J connectivity index is 1.79. The lowest BCUT2D eigenvalue weighted by molar-refractivity contribution is -0.136. The van der Waals surface area contributed by atoms with E-state index >= 15 is 0 Å². The monoisotopic (exact) mass is 289 g/mol. The predicted octanol–water partition coefficient (Wildman–Crippen LogP) is 1.60. The maximum Gasteiger partial charge on any atom is 0.307 e. The summed E-state index contributed by atoms with van der Waals surface area (Å²) in [5.74, 6) is -0.0768. The maximum atomic E-state index is 11.6. The van der Waals surface area contributed by atoms with E-state index in [1.54, 1.807) is 36.4 Å². The average Bonchev–Trinajstić information content (AvgIpc) is 2.96. The van der Waals surface area contributed by atoms with Crippen LogP contribution in [0.25, 0.3) is 0 Å². The fraction of sp³-hybridized carbons (Fsp3) is 0.200. The molecule has 0 bridgehead atoms. The Morgan fingerprint density at radius 2 is 2.10 bits per heavy atom. The molecule has 6 heteroatoms. The number of hydrogen-bond acceptors (Lipinski definition) is 4. The molecule has 2 aromatic rings. The van der Waals surface area contributed by atoms with Gasteiger partial charge in [-0.15, -0.1) is 0 Å². The van der Waals surface area contributed by atoms with E-state index in [1.165, 1.54) is 6.26 Å². The number of ether oxygens (including phenoxy) is 1. The van der Waals surface area contributed by atoms with Crippen molar-refractivity contribution in [2.24, 2.45) is 0 Å². The third-order valence-corrected chi connectivity index (χ3v) is 2.66. The molecule has 0 spiro atoms. The van der Waals surface area contributed by atoms with E-state index < -0.39 is 5.97 Å². The first-order valence-corrected chi connectivity index (χ1v) is 6.36. The van der Waals surface area contributed by atoms with Gasteiger partial charge in [0, 0.05) is 0 Å². The highest BCUT2D eigenvalue weighted by Crippen LogP contribution is 2.13. The third-order valence-electron chi connectivity index (χ3n) is 2.66. The number of carboxylic acids is 1. The highest BCUT2D eigenvalue weighted by atomic mass is 16.5. The largest absolute Gasteiger partial charge is 0.484 e. The fourth-order valence-electron chi connectivity index (χ4n) is 1.72. The lowest BCUT2D eigenvalue weighted by atomic mass is 10.1. The summed E-state index contributed by atoms with van der Waals surface area (Å²) in [4.78, 5) is 22.2. The molecule has 0 aliphatic carbocycles. The number of carbonyl (C=O) groups is 2. The second-order valence-corrected chi connectivity index (χ2v) is 4.36. The third kappa shape index (κ3) is 5.02. The van der Waals surface area contributed by atoms with Gasteiger partial charge in [0.25, 0.3) is 5.91 Å². The van der Waals surface area contributed by atoms with Gasteiger partial charge in [-0.05, 0) is 29.8 Å². The Kier molecular flexibility index (Phi) is 4.98. The molecule has 6 nitrogen and oxygen atoms in total. The highest BCUT2D eigenvalue weighted by Gasteiger charge is 2.06. The summed E-state index contributed by atoms with van der Waals surface area (Å²) >= 11 is 0. The number of aliphatic carboxylic acids is 1. The van der Waals surface area contributed by atoms with E-state index in [0.29, 0.717) is 23.6 Å². The number of amides is 1. The molecule has 110 valence electrons. The number of carbonyl (C=O) groups excluding carboxylic acids is 1. The molecule has 2 rings (SSSR count). The summed E-state index contributed by atoms with van der Waals surface area (Å²) < 4.78 is 10.4. The summed E-state index contributed by atoms with van der Waals surface area (Å²) in [5.41, 5.74) is 0.621. The smallest absolute Gasteiger partial charge is 0.307 e. The van der Waals surface area contributed by atoms with E-state index in [2.05, 4.69) is 5.32 Å². The molecule has 0 unspecified atom stereocenters. The fourth-order valence-corrected chi connectivity index (χ4v) is 1.72. The first-order valence-electron chi connectivity index (χ1n) is 6.36. The molecule has 2 N–H and O–H groups in total. The van der Waals surface area contributed by atoms with Crippen LogP contribution in [0.1, 0.15) is 11.3 Å². The van der Waals surface area contributed by atoms with Crippen molar-refractivity contribution in [2.75, 3.05) is 6.61 Å². The molecule has 0 aliphatic heterocycles. The molecule has 1 aromatic carbocycles. The molecule has 0 aliphatic rings. The standard InChI is InChI=1S/C15H15NO5/c17-14(16-9-13-5-2-6-20-13)10-21-12-4-1-3-11(7-12)8-15(18)19/h1-7H,8-10H2,(H,16,17)(H,18,19). The highest BCUT2D eigenvalue weighted by molar-refractivity contribution is 5.77. The van der Waals surface area contributed by atoms with Gasteiger partial charge in [0.15, 0.2) is 6.61 Å². The number of nitrogens with one attached hydrogen (secondary N) is 1. The number of furan rings is 1. The van der Waals surface area contributed by atoms with Crippen LogP contribution in [0.5, 0.6) is 5.75 Å². The van der Waals surface area contributed by atoms with Gasteiger partial charge in [-0.1, -0.05) is 12.1 Å². The second-order valence-electron chi connectivity index (χ2n) is 4.36. The van der Waals surface area contributed by atoms with Gasteiger partial charge >= 0.3 is 5.97 Å².